The number of rotatable bonds is 3. The fourth-order valence-electron chi connectivity index (χ4n) is 2.25. The fourth-order valence-corrected chi connectivity index (χ4v) is 2.25. The van der Waals surface area contributed by atoms with E-state index in [9.17, 15) is 26.3 Å². The van der Waals surface area contributed by atoms with E-state index in [4.69, 9.17) is 5.84 Å². The van der Waals surface area contributed by atoms with Gasteiger partial charge in [-0.2, -0.15) is 26.3 Å². The van der Waals surface area contributed by atoms with Gasteiger partial charge in [0, 0.05) is 0 Å². The maximum Gasteiger partial charge on any atom is 0.402 e. The van der Waals surface area contributed by atoms with Crippen molar-refractivity contribution in [2.45, 2.75) is 39.2 Å². The highest BCUT2D eigenvalue weighted by molar-refractivity contribution is 5.38. The normalized spacial score (nSPS) is 14.6. The first-order valence-corrected chi connectivity index (χ1v) is 6.07. The second-order valence-electron chi connectivity index (χ2n) is 5.00. The standard InChI is InChI=1S/C13H16F6N2/c1-6-4-8(3)9(5-7(6)2)10(21-20)11(12(14,15)16)13(17,18)19/h4-5,10-11,21H,20H2,1-3H3. The number of hydrazine groups is 1. The van der Waals surface area contributed by atoms with E-state index in [1.165, 1.54) is 13.0 Å². The van der Waals surface area contributed by atoms with Crippen molar-refractivity contribution in [2.24, 2.45) is 11.8 Å². The SMILES string of the molecule is Cc1cc(C)c(C(NN)C(C(F)(F)F)C(F)(F)F)cc1C. The number of halogens is 6. The molecule has 0 aliphatic carbocycles. The number of hydrogen-bond donors (Lipinski definition) is 2. The molecular weight excluding hydrogens is 298 g/mol. The Balaban J connectivity index is 3.44. The minimum absolute atomic E-state index is 0.111. The Morgan fingerprint density at radius 3 is 1.67 bits per heavy atom. The largest absolute Gasteiger partial charge is 0.402 e. The van der Waals surface area contributed by atoms with Crippen LogP contribution < -0.4 is 11.3 Å². The van der Waals surface area contributed by atoms with Gasteiger partial charge in [0.25, 0.3) is 0 Å². The Morgan fingerprint density at radius 2 is 1.29 bits per heavy atom. The third-order valence-corrected chi connectivity index (χ3v) is 3.44. The van der Waals surface area contributed by atoms with E-state index in [0.717, 1.165) is 5.56 Å². The molecule has 8 heteroatoms. The van der Waals surface area contributed by atoms with Gasteiger partial charge in [-0.1, -0.05) is 12.1 Å². The van der Waals surface area contributed by atoms with Gasteiger partial charge in [0.05, 0.1) is 6.04 Å². The van der Waals surface area contributed by atoms with Crippen LogP contribution in [0.4, 0.5) is 26.3 Å². The maximum atomic E-state index is 12.8. The minimum atomic E-state index is -5.46. The van der Waals surface area contributed by atoms with Crippen molar-refractivity contribution >= 4 is 0 Å². The van der Waals surface area contributed by atoms with Gasteiger partial charge in [-0.3, -0.25) is 11.3 Å². The summed E-state index contributed by atoms with van der Waals surface area (Å²) in [6.45, 7) is 4.79. The summed E-state index contributed by atoms with van der Waals surface area (Å²) in [5.41, 5.74) is 3.26. The molecule has 0 fully saturated rings. The first-order chi connectivity index (χ1) is 9.39. The number of nitrogens with one attached hydrogen (secondary N) is 1. The van der Waals surface area contributed by atoms with Crippen LogP contribution in [0, 0.1) is 26.7 Å². The van der Waals surface area contributed by atoms with Gasteiger partial charge in [0.15, 0.2) is 5.92 Å². The van der Waals surface area contributed by atoms with Gasteiger partial charge < -0.3 is 0 Å². The second kappa shape index (κ2) is 5.84. The summed E-state index contributed by atoms with van der Waals surface area (Å²) in [5, 5.41) is 0. The quantitative estimate of drug-likeness (QED) is 0.505. The molecule has 0 saturated carbocycles. The molecule has 1 atom stereocenters. The monoisotopic (exact) mass is 314 g/mol. The first kappa shape index (κ1) is 17.8. The summed E-state index contributed by atoms with van der Waals surface area (Å²) in [4.78, 5) is 0. The van der Waals surface area contributed by atoms with Gasteiger partial charge in [-0.15, -0.1) is 0 Å². The van der Waals surface area contributed by atoms with Crippen molar-refractivity contribution in [1.29, 1.82) is 0 Å². The van der Waals surface area contributed by atoms with Crippen LogP contribution in [-0.2, 0) is 0 Å². The lowest BCUT2D eigenvalue weighted by Crippen LogP contribution is -2.48. The topological polar surface area (TPSA) is 38.0 Å². The van der Waals surface area contributed by atoms with Gasteiger partial charge >= 0.3 is 12.4 Å². The number of nitrogens with two attached hydrogens (primary N) is 1. The minimum Gasteiger partial charge on any atom is -0.271 e. The van der Waals surface area contributed by atoms with E-state index in [1.807, 2.05) is 0 Å². The van der Waals surface area contributed by atoms with E-state index in [1.54, 1.807) is 25.3 Å². The second-order valence-corrected chi connectivity index (χ2v) is 5.00. The van der Waals surface area contributed by atoms with Gasteiger partial charge in [0.2, 0.25) is 0 Å². The molecule has 0 spiro atoms. The van der Waals surface area contributed by atoms with E-state index in [0.29, 0.717) is 11.1 Å². The lowest BCUT2D eigenvalue weighted by molar-refractivity contribution is -0.293. The molecule has 2 nitrogen and oxygen atoms in total. The van der Waals surface area contributed by atoms with Crippen molar-refractivity contribution in [3.8, 4) is 0 Å². The molecule has 1 unspecified atom stereocenters. The van der Waals surface area contributed by atoms with Crippen LogP contribution in [0.2, 0.25) is 0 Å². The van der Waals surface area contributed by atoms with Gasteiger partial charge in [0.1, 0.15) is 0 Å². The molecule has 3 N–H and O–H groups in total. The average molecular weight is 314 g/mol. The molecular formula is C13H16F6N2. The van der Waals surface area contributed by atoms with Crippen molar-refractivity contribution in [3.05, 3.63) is 34.4 Å². The fraction of sp³-hybridized carbons (Fsp3) is 0.538. The third-order valence-electron chi connectivity index (χ3n) is 3.44. The molecule has 0 bridgehead atoms. The Morgan fingerprint density at radius 1 is 0.857 bits per heavy atom. The smallest absolute Gasteiger partial charge is 0.271 e. The maximum absolute atomic E-state index is 12.8. The molecule has 0 aliphatic heterocycles. The van der Waals surface area contributed by atoms with Crippen LogP contribution in [0.1, 0.15) is 28.3 Å². The molecule has 0 amide bonds. The summed E-state index contributed by atoms with van der Waals surface area (Å²) in [5.74, 6) is 1.43. The summed E-state index contributed by atoms with van der Waals surface area (Å²) in [6.07, 6.45) is -10.9. The molecule has 0 aliphatic rings. The number of alkyl halides is 6. The Bertz CT molecular complexity index is 493. The number of hydrogen-bond acceptors (Lipinski definition) is 2. The van der Waals surface area contributed by atoms with E-state index in [-0.39, 0.29) is 5.56 Å². The summed E-state index contributed by atoms with van der Waals surface area (Å²) in [6, 6.07) is 0.752. The van der Waals surface area contributed by atoms with Crippen LogP contribution in [0.25, 0.3) is 0 Å². The first-order valence-electron chi connectivity index (χ1n) is 6.07. The highest BCUT2D eigenvalue weighted by Gasteiger charge is 2.60. The molecule has 0 aromatic heterocycles. The predicted molar refractivity (Wildman–Crippen MR) is 66.3 cm³/mol. The van der Waals surface area contributed by atoms with E-state index >= 15 is 0 Å². The third kappa shape index (κ3) is 3.88. The molecule has 1 aromatic rings. The summed E-state index contributed by atoms with van der Waals surface area (Å²) < 4.78 is 77.0. The van der Waals surface area contributed by atoms with E-state index < -0.39 is 24.3 Å². The molecule has 0 radical (unpaired) electrons. The van der Waals surface area contributed by atoms with Crippen molar-refractivity contribution in [1.82, 2.24) is 5.43 Å². The zero-order valence-electron chi connectivity index (χ0n) is 11.7. The average Bonchev–Trinajstić information content (AvgIpc) is 2.27. The van der Waals surface area contributed by atoms with E-state index in [2.05, 4.69) is 0 Å². The molecule has 120 valence electrons. The summed E-state index contributed by atoms with van der Waals surface area (Å²) >= 11 is 0. The van der Waals surface area contributed by atoms with Crippen molar-refractivity contribution in [2.75, 3.05) is 0 Å². The summed E-state index contributed by atoms with van der Waals surface area (Å²) in [7, 11) is 0. The van der Waals surface area contributed by atoms with Crippen LogP contribution in [-0.4, -0.2) is 12.4 Å². The zero-order chi connectivity index (χ0) is 16.6. The lowest BCUT2D eigenvalue weighted by atomic mass is 9.87. The van der Waals surface area contributed by atoms with Crippen LogP contribution in [0.15, 0.2) is 12.1 Å². The Hall–Kier alpha value is -1.28. The van der Waals surface area contributed by atoms with Crippen molar-refractivity contribution < 1.29 is 26.3 Å². The molecule has 0 saturated heterocycles. The highest BCUT2D eigenvalue weighted by atomic mass is 19.4. The predicted octanol–water partition coefficient (Wildman–Crippen LogP) is 3.86. The molecule has 0 heterocycles. The molecule has 1 rings (SSSR count). The lowest BCUT2D eigenvalue weighted by Gasteiger charge is -2.31. The Labute approximate surface area is 118 Å². The van der Waals surface area contributed by atoms with Crippen LogP contribution >= 0.6 is 0 Å². The Kier molecular flexibility index (Phi) is 4.94. The highest BCUT2D eigenvalue weighted by Crippen LogP contribution is 2.46. The number of aryl methyl sites for hydroxylation is 3. The molecule has 21 heavy (non-hydrogen) atoms. The number of benzene rings is 1. The van der Waals surface area contributed by atoms with Crippen molar-refractivity contribution in [3.63, 3.8) is 0 Å². The molecule has 1 aromatic carbocycles. The van der Waals surface area contributed by atoms with Crippen LogP contribution in [0.3, 0.4) is 0 Å². The van der Waals surface area contributed by atoms with Gasteiger partial charge in [-0.25, -0.2) is 0 Å². The van der Waals surface area contributed by atoms with Gasteiger partial charge in [-0.05, 0) is 43.0 Å². The van der Waals surface area contributed by atoms with Crippen LogP contribution in [0.5, 0.6) is 0 Å². The zero-order valence-corrected chi connectivity index (χ0v) is 11.7.